The summed E-state index contributed by atoms with van der Waals surface area (Å²) < 4.78 is 15.6. The predicted molar refractivity (Wildman–Crippen MR) is 82.0 cm³/mol. The van der Waals surface area contributed by atoms with Crippen molar-refractivity contribution in [2.24, 2.45) is 0 Å². The average molecular weight is 373 g/mol. The molecular weight excluding hydrogens is 354 g/mol. The van der Waals surface area contributed by atoms with Crippen LogP contribution in [-0.2, 0) is 23.8 Å². The monoisotopic (exact) mass is 373 g/mol. The molecule has 0 bridgehead atoms. The lowest BCUT2D eigenvalue weighted by Crippen LogP contribution is -2.36. The second kappa shape index (κ2) is 8.71. The first kappa shape index (κ1) is 19.8. The fourth-order valence-electron chi connectivity index (χ4n) is 2.32. The van der Waals surface area contributed by atoms with Crippen LogP contribution < -0.4 is 11.2 Å². The highest BCUT2D eigenvalue weighted by Crippen LogP contribution is 2.28. The zero-order chi connectivity index (χ0) is 19.3. The minimum atomic E-state index is -1.47. The number of nitrogens with one attached hydrogen (secondary N) is 1. The number of ether oxygens (including phenoxy) is 3. The summed E-state index contributed by atoms with van der Waals surface area (Å²) in [5, 5.41) is 28.8. The van der Waals surface area contributed by atoms with Crippen LogP contribution in [0.1, 0.15) is 19.1 Å². The molecule has 0 unspecified atom stereocenters. The van der Waals surface area contributed by atoms with Crippen LogP contribution in [0.3, 0.4) is 0 Å². The third-order valence-corrected chi connectivity index (χ3v) is 3.73. The number of methoxy groups -OCH3 is 1. The Labute approximate surface area is 146 Å². The van der Waals surface area contributed by atoms with Gasteiger partial charge in [0.2, 0.25) is 0 Å². The van der Waals surface area contributed by atoms with Gasteiger partial charge in [0.25, 0.3) is 0 Å². The zero-order valence-electron chi connectivity index (χ0n) is 13.8. The Morgan fingerprint density at radius 2 is 2.00 bits per heavy atom. The molecule has 1 aliphatic heterocycles. The van der Waals surface area contributed by atoms with E-state index in [0.29, 0.717) is 0 Å². The van der Waals surface area contributed by atoms with Crippen LogP contribution in [0.5, 0.6) is 0 Å². The van der Waals surface area contributed by atoms with Gasteiger partial charge >= 0.3 is 17.6 Å². The first-order valence-corrected chi connectivity index (χ1v) is 7.60. The Balaban J connectivity index is 1.96. The van der Waals surface area contributed by atoms with Crippen molar-refractivity contribution in [3.8, 4) is 0 Å². The minimum Gasteiger partial charge on any atom is -0.469 e. The van der Waals surface area contributed by atoms with Crippen molar-refractivity contribution < 1.29 is 39.2 Å². The Hall–Kier alpha value is -2.54. The second-order valence-electron chi connectivity index (χ2n) is 5.42. The van der Waals surface area contributed by atoms with E-state index in [-0.39, 0.29) is 25.3 Å². The number of anilines is 1. The minimum absolute atomic E-state index is 0.102. The second-order valence-corrected chi connectivity index (χ2v) is 5.42. The first-order chi connectivity index (χ1) is 12.4. The van der Waals surface area contributed by atoms with Crippen LogP contribution in [0.2, 0.25) is 0 Å². The number of carbonyl (C=O) groups is 2. The van der Waals surface area contributed by atoms with Crippen LogP contribution in [0.25, 0.3) is 0 Å². The molecule has 26 heavy (non-hydrogen) atoms. The summed E-state index contributed by atoms with van der Waals surface area (Å²) in [5.74, 6) is -1.38. The normalized spacial score (nSPS) is 24.9. The zero-order valence-corrected chi connectivity index (χ0v) is 13.8. The van der Waals surface area contributed by atoms with Gasteiger partial charge in [-0.2, -0.15) is 4.98 Å². The molecule has 1 saturated heterocycles. The fraction of sp³-hybridized carbons (Fsp3) is 0.571. The van der Waals surface area contributed by atoms with Gasteiger partial charge < -0.3 is 24.4 Å². The molecule has 0 spiro atoms. The number of aliphatic hydroxyl groups excluding tert-OH is 2. The number of carbonyl (C=O) groups excluding carboxylic acids is 2. The van der Waals surface area contributed by atoms with Gasteiger partial charge in [-0.15, -0.1) is 0 Å². The highest BCUT2D eigenvalue weighted by atomic mass is 16.6. The van der Waals surface area contributed by atoms with Crippen LogP contribution in [0.4, 0.5) is 5.82 Å². The lowest BCUT2D eigenvalue weighted by atomic mass is 10.1. The van der Waals surface area contributed by atoms with E-state index in [4.69, 9.17) is 14.7 Å². The van der Waals surface area contributed by atoms with Crippen LogP contribution in [-0.4, -0.2) is 68.9 Å². The van der Waals surface area contributed by atoms with Crippen LogP contribution >= 0.6 is 0 Å². The van der Waals surface area contributed by atoms with E-state index < -0.39 is 42.2 Å². The molecule has 0 aliphatic carbocycles. The molecule has 0 amide bonds. The number of aliphatic hydroxyl groups is 2. The highest BCUT2D eigenvalue weighted by Gasteiger charge is 2.44. The molecule has 1 aliphatic rings. The maximum Gasteiger partial charge on any atom is 0.351 e. The molecule has 4 N–H and O–H groups in total. The molecule has 2 heterocycles. The molecule has 2 rings (SSSR count). The molecule has 4 atom stereocenters. The van der Waals surface area contributed by atoms with E-state index >= 15 is 0 Å². The van der Waals surface area contributed by atoms with E-state index in [1.165, 1.54) is 19.4 Å². The van der Waals surface area contributed by atoms with Gasteiger partial charge in [-0.25, -0.2) is 4.79 Å². The number of nitrogens with zero attached hydrogens (tertiary/aromatic N) is 2. The predicted octanol–water partition coefficient (Wildman–Crippen LogP) is -1.84. The van der Waals surface area contributed by atoms with Gasteiger partial charge in [0.1, 0.15) is 24.9 Å². The van der Waals surface area contributed by atoms with Crippen molar-refractivity contribution in [3.05, 3.63) is 22.7 Å². The summed E-state index contributed by atoms with van der Waals surface area (Å²) in [6, 6.07) is 1.25. The molecule has 12 nitrogen and oxygen atoms in total. The lowest BCUT2D eigenvalue weighted by Gasteiger charge is -2.17. The number of rotatable bonds is 7. The number of hydrogen-bond donors (Lipinski definition) is 4. The molecule has 1 aromatic rings. The summed E-state index contributed by atoms with van der Waals surface area (Å²) in [6.07, 6.45) is -4.38. The van der Waals surface area contributed by atoms with E-state index in [2.05, 4.69) is 9.72 Å². The molecular formula is C14H19N3O9. The van der Waals surface area contributed by atoms with Crippen molar-refractivity contribution in [2.45, 2.75) is 37.4 Å². The summed E-state index contributed by atoms with van der Waals surface area (Å²) in [4.78, 5) is 37.9. The lowest BCUT2D eigenvalue weighted by molar-refractivity contribution is -0.153. The largest absolute Gasteiger partial charge is 0.469 e. The highest BCUT2D eigenvalue weighted by molar-refractivity contribution is 5.77. The van der Waals surface area contributed by atoms with Gasteiger partial charge in [0.05, 0.1) is 20.0 Å². The molecule has 1 aromatic heterocycles. The molecule has 0 saturated carbocycles. The quantitative estimate of drug-likeness (QED) is 0.313. The van der Waals surface area contributed by atoms with Crippen molar-refractivity contribution >= 4 is 17.8 Å². The Morgan fingerprint density at radius 1 is 1.31 bits per heavy atom. The number of hydrogen-bond acceptors (Lipinski definition) is 11. The van der Waals surface area contributed by atoms with Crippen LogP contribution in [0.15, 0.2) is 17.1 Å². The maximum absolute atomic E-state index is 11.9. The van der Waals surface area contributed by atoms with E-state index in [1.54, 1.807) is 5.48 Å². The third-order valence-electron chi connectivity index (χ3n) is 3.73. The summed E-state index contributed by atoms with van der Waals surface area (Å²) >= 11 is 0. The third kappa shape index (κ3) is 4.54. The van der Waals surface area contributed by atoms with Crippen molar-refractivity contribution in [2.75, 3.05) is 19.2 Å². The smallest absolute Gasteiger partial charge is 0.351 e. The summed E-state index contributed by atoms with van der Waals surface area (Å²) in [7, 11) is 1.19. The van der Waals surface area contributed by atoms with Gasteiger partial charge in [-0.05, 0) is 6.07 Å². The Morgan fingerprint density at radius 3 is 2.62 bits per heavy atom. The standard InChI is InChI=1S/C14H19N3O9/c1-24-9(18)2-3-10(19)25-6-7-11(20)12(21)13(26-7)17-5-4-8(16-23)15-14(17)22/h4-5,7,11-13,20-21,23H,2-3,6H2,1H3,(H,15,16,22)/t7-,11-,12-,13-/m1/s1. The summed E-state index contributed by atoms with van der Waals surface area (Å²) in [5.41, 5.74) is 0.867. The van der Waals surface area contributed by atoms with Gasteiger partial charge in [-0.1, -0.05) is 0 Å². The topological polar surface area (TPSA) is 169 Å². The van der Waals surface area contributed by atoms with Crippen molar-refractivity contribution in [3.63, 3.8) is 0 Å². The fourth-order valence-corrected chi connectivity index (χ4v) is 2.32. The Kier molecular flexibility index (Phi) is 6.63. The van der Waals surface area contributed by atoms with E-state index in [9.17, 15) is 24.6 Å². The van der Waals surface area contributed by atoms with Crippen molar-refractivity contribution in [1.82, 2.24) is 9.55 Å². The average Bonchev–Trinajstić information content (AvgIpc) is 2.92. The van der Waals surface area contributed by atoms with Gasteiger partial charge in [0, 0.05) is 6.20 Å². The maximum atomic E-state index is 11.9. The Bertz CT molecular complexity index is 707. The number of aromatic nitrogens is 2. The first-order valence-electron chi connectivity index (χ1n) is 7.60. The molecule has 0 radical (unpaired) electrons. The van der Waals surface area contributed by atoms with E-state index in [0.717, 1.165) is 4.57 Å². The number of esters is 2. The molecule has 0 aromatic carbocycles. The van der Waals surface area contributed by atoms with Crippen LogP contribution in [0, 0.1) is 0 Å². The SMILES string of the molecule is COC(=O)CCC(=O)OC[C@H]1O[C@@H](n2ccc(NO)nc2=O)[C@H](O)[C@@H]1O. The molecule has 12 heteroatoms. The van der Waals surface area contributed by atoms with E-state index in [1.807, 2.05) is 0 Å². The molecule has 1 fully saturated rings. The van der Waals surface area contributed by atoms with Crippen molar-refractivity contribution in [1.29, 1.82) is 0 Å². The van der Waals surface area contributed by atoms with Gasteiger partial charge in [-0.3, -0.25) is 24.8 Å². The molecule has 144 valence electrons. The summed E-state index contributed by atoms with van der Waals surface area (Å²) in [6.45, 7) is -0.382. The van der Waals surface area contributed by atoms with Gasteiger partial charge in [0.15, 0.2) is 12.0 Å².